The summed E-state index contributed by atoms with van der Waals surface area (Å²) in [5.41, 5.74) is 12.0. The molecule has 11 heteroatoms. The van der Waals surface area contributed by atoms with Gasteiger partial charge in [-0.15, -0.1) is 0 Å². The molecule has 230 valence electrons. The van der Waals surface area contributed by atoms with Gasteiger partial charge in [-0.3, -0.25) is 14.6 Å². The Labute approximate surface area is 256 Å². The van der Waals surface area contributed by atoms with Crippen molar-refractivity contribution in [2.75, 3.05) is 27.8 Å². The Bertz CT molecular complexity index is 1650. The van der Waals surface area contributed by atoms with Crippen LogP contribution in [0.5, 0.6) is 0 Å². The predicted molar refractivity (Wildman–Crippen MR) is 163 cm³/mol. The first-order chi connectivity index (χ1) is 21.3. The summed E-state index contributed by atoms with van der Waals surface area (Å²) < 4.78 is 16.5. The van der Waals surface area contributed by atoms with E-state index in [1.807, 2.05) is 31.2 Å². The van der Waals surface area contributed by atoms with Crippen LogP contribution in [0.2, 0.25) is 0 Å². The van der Waals surface area contributed by atoms with E-state index in [2.05, 4.69) is 44.3 Å². The lowest BCUT2D eigenvalue weighted by atomic mass is 9.92. The molecule has 1 saturated heterocycles. The second kappa shape index (κ2) is 12.4. The van der Waals surface area contributed by atoms with Gasteiger partial charge in [0.15, 0.2) is 6.39 Å². The fourth-order valence-electron chi connectivity index (χ4n) is 5.95. The normalized spacial score (nSPS) is 19.5. The molecule has 1 aliphatic heterocycles. The summed E-state index contributed by atoms with van der Waals surface area (Å²) in [6, 6.07) is 13.6. The van der Waals surface area contributed by atoms with Gasteiger partial charge < -0.3 is 24.1 Å². The molecular weight excluding hydrogens is 560 g/mol. The minimum atomic E-state index is -0.496. The first-order valence-corrected chi connectivity index (χ1v) is 14.8. The number of pyridine rings is 1. The molecule has 6 rings (SSSR count). The van der Waals surface area contributed by atoms with E-state index < -0.39 is 5.54 Å². The summed E-state index contributed by atoms with van der Waals surface area (Å²) >= 11 is 0. The van der Waals surface area contributed by atoms with Crippen LogP contribution in [0, 0.1) is 6.92 Å². The third kappa shape index (κ3) is 6.09. The van der Waals surface area contributed by atoms with Crippen molar-refractivity contribution in [2.45, 2.75) is 56.5 Å². The van der Waals surface area contributed by atoms with Gasteiger partial charge in [-0.25, -0.2) is 15.8 Å². The van der Waals surface area contributed by atoms with Crippen LogP contribution in [0.25, 0.3) is 10.9 Å². The lowest BCUT2D eigenvalue weighted by Crippen LogP contribution is -2.42. The van der Waals surface area contributed by atoms with Crippen LogP contribution in [0.4, 0.5) is 0 Å². The van der Waals surface area contributed by atoms with E-state index in [1.165, 1.54) is 6.39 Å². The number of nitrogens with zero attached hydrogens (tertiary/aromatic N) is 3. The second-order valence-corrected chi connectivity index (χ2v) is 11.8. The molecule has 2 aliphatic rings. The molecule has 11 nitrogen and oxygen atoms in total. The number of aryl methyl sites for hydroxylation is 1. The number of oxazole rings is 1. The summed E-state index contributed by atoms with van der Waals surface area (Å²) in [5.74, 6) is -0.0976. The Balaban J connectivity index is 1.23. The maximum absolute atomic E-state index is 13.8. The molecule has 2 unspecified atom stereocenters. The van der Waals surface area contributed by atoms with E-state index in [4.69, 9.17) is 13.9 Å². The van der Waals surface area contributed by atoms with Crippen LogP contribution in [0.15, 0.2) is 65.7 Å². The molecule has 44 heavy (non-hydrogen) atoms. The van der Waals surface area contributed by atoms with Crippen molar-refractivity contribution >= 4 is 22.7 Å². The molecule has 2 aromatic carbocycles. The van der Waals surface area contributed by atoms with Gasteiger partial charge in [0, 0.05) is 44.4 Å². The highest BCUT2D eigenvalue weighted by Gasteiger charge is 2.47. The summed E-state index contributed by atoms with van der Waals surface area (Å²) in [6.07, 6.45) is 6.65. The number of ether oxygens (including phenoxy) is 2. The van der Waals surface area contributed by atoms with Crippen LogP contribution in [-0.4, -0.2) is 60.5 Å². The highest BCUT2D eigenvalue weighted by atomic mass is 16.5. The Kier molecular flexibility index (Phi) is 8.46. The second-order valence-electron chi connectivity index (χ2n) is 11.8. The molecule has 2 amide bonds. The summed E-state index contributed by atoms with van der Waals surface area (Å²) in [5, 5.41) is 4.39. The zero-order valence-electron chi connectivity index (χ0n) is 25.4. The van der Waals surface area contributed by atoms with E-state index in [-0.39, 0.29) is 36.6 Å². The molecule has 2 aromatic heterocycles. The SMILES string of the molecule is COC[C@H](OCc1cocn1)c1ccc(C(=O)NC2(c3cc(C4CC(C(=O)N(C)C)NN4)cc4ncccc34)CC2)c(C)c1. The van der Waals surface area contributed by atoms with Gasteiger partial charge in [-0.05, 0) is 66.6 Å². The highest BCUT2D eigenvalue weighted by molar-refractivity contribution is 5.97. The van der Waals surface area contributed by atoms with Crippen molar-refractivity contribution in [2.24, 2.45) is 0 Å². The highest BCUT2D eigenvalue weighted by Crippen LogP contribution is 2.49. The quantitative estimate of drug-likeness (QED) is 0.236. The van der Waals surface area contributed by atoms with Crippen LogP contribution >= 0.6 is 0 Å². The van der Waals surface area contributed by atoms with E-state index >= 15 is 0 Å². The molecule has 0 radical (unpaired) electrons. The van der Waals surface area contributed by atoms with Crippen LogP contribution < -0.4 is 16.2 Å². The number of amides is 2. The number of likely N-dealkylation sites (N-methyl/N-ethyl adjacent to an activating group) is 1. The van der Waals surface area contributed by atoms with Crippen LogP contribution in [-0.2, 0) is 26.4 Å². The molecule has 1 aliphatic carbocycles. The minimum Gasteiger partial charge on any atom is -0.451 e. The number of hydrazine groups is 1. The van der Waals surface area contributed by atoms with Gasteiger partial charge in [0.25, 0.3) is 5.91 Å². The fraction of sp³-hybridized carbons (Fsp3) is 0.394. The number of nitrogens with one attached hydrogen (secondary N) is 3. The minimum absolute atomic E-state index is 0.0292. The largest absolute Gasteiger partial charge is 0.451 e. The lowest BCUT2D eigenvalue weighted by Gasteiger charge is -2.23. The summed E-state index contributed by atoms with van der Waals surface area (Å²) in [4.78, 5) is 36.7. The Hall–Kier alpha value is -4.16. The van der Waals surface area contributed by atoms with Gasteiger partial charge in [-0.2, -0.15) is 0 Å². The van der Waals surface area contributed by atoms with Gasteiger partial charge in [-0.1, -0.05) is 24.3 Å². The van der Waals surface area contributed by atoms with Gasteiger partial charge in [0.1, 0.15) is 24.1 Å². The number of carbonyl (C=O) groups excluding carboxylic acids is 2. The van der Waals surface area contributed by atoms with Crippen molar-refractivity contribution in [3.8, 4) is 0 Å². The topological polar surface area (TPSA) is 131 Å². The molecule has 3 N–H and O–H groups in total. The van der Waals surface area contributed by atoms with Gasteiger partial charge in [0.05, 0.1) is 24.3 Å². The van der Waals surface area contributed by atoms with Crippen molar-refractivity contribution in [1.82, 2.24) is 31.0 Å². The Morgan fingerprint density at radius 1 is 1.16 bits per heavy atom. The van der Waals surface area contributed by atoms with Crippen LogP contribution in [0.1, 0.15) is 69.7 Å². The molecule has 3 heterocycles. The maximum atomic E-state index is 13.8. The maximum Gasteiger partial charge on any atom is 0.252 e. The number of benzene rings is 2. The lowest BCUT2D eigenvalue weighted by molar-refractivity contribution is -0.130. The molecule has 4 aromatic rings. The molecular formula is C33H38N6O5. The first-order valence-electron chi connectivity index (χ1n) is 14.8. The molecule has 1 saturated carbocycles. The van der Waals surface area contributed by atoms with Gasteiger partial charge >= 0.3 is 0 Å². The number of rotatable bonds is 11. The van der Waals surface area contributed by atoms with Crippen molar-refractivity contribution in [3.63, 3.8) is 0 Å². The molecule has 3 atom stereocenters. The van der Waals surface area contributed by atoms with Crippen LogP contribution in [0.3, 0.4) is 0 Å². The van der Waals surface area contributed by atoms with Crippen molar-refractivity contribution in [1.29, 1.82) is 0 Å². The molecule has 2 fully saturated rings. The summed E-state index contributed by atoms with van der Waals surface area (Å²) in [6.45, 7) is 2.58. The Morgan fingerprint density at radius 2 is 2.00 bits per heavy atom. The number of fused-ring (bicyclic) bond motifs is 1. The number of hydrogen-bond donors (Lipinski definition) is 3. The number of aromatic nitrogens is 2. The monoisotopic (exact) mass is 598 g/mol. The summed E-state index contributed by atoms with van der Waals surface area (Å²) in [7, 11) is 5.15. The third-order valence-corrected chi connectivity index (χ3v) is 8.51. The zero-order valence-corrected chi connectivity index (χ0v) is 25.4. The number of hydrogen-bond acceptors (Lipinski definition) is 9. The molecule has 0 bridgehead atoms. The van der Waals surface area contributed by atoms with E-state index in [0.29, 0.717) is 24.3 Å². The third-order valence-electron chi connectivity index (χ3n) is 8.51. The van der Waals surface area contributed by atoms with Crippen molar-refractivity contribution < 1.29 is 23.5 Å². The van der Waals surface area contributed by atoms with Crippen molar-refractivity contribution in [3.05, 3.63) is 94.8 Å². The smallest absolute Gasteiger partial charge is 0.252 e. The predicted octanol–water partition coefficient (Wildman–Crippen LogP) is 3.85. The average Bonchev–Trinajstić information content (AvgIpc) is 3.38. The fourth-order valence-corrected chi connectivity index (χ4v) is 5.95. The number of carbonyl (C=O) groups is 2. The average molecular weight is 599 g/mol. The number of methoxy groups -OCH3 is 1. The molecule has 0 spiro atoms. The first kappa shape index (κ1) is 29.9. The van der Waals surface area contributed by atoms with Gasteiger partial charge in [0.2, 0.25) is 5.91 Å². The zero-order chi connectivity index (χ0) is 30.8. The Morgan fingerprint density at radius 3 is 2.70 bits per heavy atom. The standard InChI is InChI=1S/C33H38N6O5/c1-20-12-21(30(18-42-4)44-17-23-16-43-19-35-23)7-8-24(20)31(40)36-33(9-10-33)26-13-22(14-28-25(26)6-5-11-34-28)27-15-29(38-37-27)32(41)39(2)3/h5-8,11-14,16,19,27,29-30,37-38H,9-10,15,17-18H2,1-4H3,(H,36,40)/t27?,29?,30-/m0/s1. The van der Waals surface area contributed by atoms with E-state index in [1.54, 1.807) is 38.6 Å². The van der Waals surface area contributed by atoms with E-state index in [0.717, 1.165) is 46.0 Å². The van der Waals surface area contributed by atoms with E-state index in [9.17, 15) is 9.59 Å².